The fourth-order valence-electron chi connectivity index (χ4n) is 6.04. The molecule has 3 fully saturated rings. The lowest BCUT2D eigenvalue weighted by molar-refractivity contribution is -0.126. The fourth-order valence-corrected chi connectivity index (χ4v) is 6.33. The zero-order valence-electron chi connectivity index (χ0n) is 25.3. The summed E-state index contributed by atoms with van der Waals surface area (Å²) >= 11 is 7.00. The van der Waals surface area contributed by atoms with Gasteiger partial charge in [0, 0.05) is 67.4 Å². The Balaban J connectivity index is 1.55. The number of likely N-dealkylation sites (N-methyl/N-ethyl adjacent to an activating group) is 1. The summed E-state index contributed by atoms with van der Waals surface area (Å²) in [6.07, 6.45) is 5.38. The van der Waals surface area contributed by atoms with E-state index in [0.29, 0.717) is 66.4 Å². The quantitative estimate of drug-likeness (QED) is 0.415. The largest absolute Gasteiger partial charge is 0.352 e. The topological polar surface area (TPSA) is 84.5 Å². The Hall–Kier alpha value is -3.76. The standard InChI is InChI=1S/C32H38ClFN8O/c1-7-23-27(29(38-37-23)19-9-10-19)25(18(3)4)26-22(33)15-21-30(28(26)34)35-32(42-16-20(17-42)39(5)6)36-31(21)41-13-11-40(12-14-41)24(43)8-2/h7-8,15,19-20,37H,2-3,9-14,16-17H2,1,4-6H3/b23-7+,27-25-. The maximum Gasteiger partial charge on any atom is 0.246 e. The predicted molar refractivity (Wildman–Crippen MR) is 170 cm³/mol. The molecule has 43 heavy (non-hydrogen) atoms. The molecule has 9 nitrogen and oxygen atoms in total. The van der Waals surface area contributed by atoms with E-state index in [0.717, 1.165) is 42.2 Å². The molecule has 226 valence electrons. The second-order valence-corrected chi connectivity index (χ2v) is 12.4. The molecule has 0 atom stereocenters. The molecule has 2 aromatic heterocycles. The molecule has 1 amide bonds. The first kappa shape index (κ1) is 29.3. The zero-order chi connectivity index (χ0) is 30.6. The minimum atomic E-state index is -0.499. The molecular weight excluding hydrogens is 567 g/mol. The van der Waals surface area contributed by atoms with Crippen molar-refractivity contribution in [3.63, 3.8) is 0 Å². The minimum Gasteiger partial charge on any atom is -0.352 e. The molecule has 0 radical (unpaired) electrons. The molecule has 3 aliphatic rings. The highest BCUT2D eigenvalue weighted by molar-refractivity contribution is 6.33. The highest BCUT2D eigenvalue weighted by Gasteiger charge is 2.34. The second-order valence-electron chi connectivity index (χ2n) is 11.9. The Kier molecular flexibility index (Phi) is 7.76. The van der Waals surface area contributed by atoms with Gasteiger partial charge in [0.15, 0.2) is 5.82 Å². The van der Waals surface area contributed by atoms with Gasteiger partial charge < -0.3 is 19.6 Å². The van der Waals surface area contributed by atoms with Gasteiger partial charge in [-0.15, -0.1) is 0 Å². The second kappa shape index (κ2) is 11.4. The number of rotatable bonds is 7. The van der Waals surface area contributed by atoms with Crippen molar-refractivity contribution < 1.29 is 9.18 Å². The van der Waals surface area contributed by atoms with Crippen LogP contribution >= 0.6 is 11.6 Å². The molecule has 6 rings (SSSR count). The van der Waals surface area contributed by atoms with Crippen LogP contribution < -0.4 is 20.4 Å². The number of allylic oxidation sites excluding steroid dienone is 1. The van der Waals surface area contributed by atoms with Crippen molar-refractivity contribution in [3.05, 3.63) is 63.5 Å². The fraction of sp³-hybridized carbons (Fsp3) is 0.438. The van der Waals surface area contributed by atoms with Crippen molar-refractivity contribution in [1.82, 2.24) is 30.0 Å². The lowest BCUT2D eigenvalue weighted by atomic mass is 9.94. The first-order chi connectivity index (χ1) is 20.6. The number of carbonyl (C=O) groups excluding carboxylic acids is 1. The van der Waals surface area contributed by atoms with Crippen LogP contribution in [0, 0.1) is 5.82 Å². The van der Waals surface area contributed by atoms with E-state index in [-0.39, 0.29) is 22.0 Å². The summed E-state index contributed by atoms with van der Waals surface area (Å²) in [5.41, 5.74) is 2.76. The molecule has 1 aromatic carbocycles. The van der Waals surface area contributed by atoms with Crippen LogP contribution in [0.25, 0.3) is 22.6 Å². The molecule has 11 heteroatoms. The molecule has 1 saturated carbocycles. The van der Waals surface area contributed by atoms with Crippen LogP contribution in [0.5, 0.6) is 0 Å². The monoisotopic (exact) mass is 604 g/mol. The number of benzene rings is 1. The number of nitrogens with one attached hydrogen (secondary N) is 1. The van der Waals surface area contributed by atoms with E-state index in [2.05, 4.69) is 52.2 Å². The number of aromatic nitrogens is 4. The van der Waals surface area contributed by atoms with Crippen LogP contribution in [0.2, 0.25) is 5.02 Å². The number of anilines is 2. The van der Waals surface area contributed by atoms with Crippen molar-refractivity contribution in [2.75, 3.05) is 63.2 Å². The van der Waals surface area contributed by atoms with Crippen molar-refractivity contribution in [3.8, 4) is 0 Å². The molecule has 0 spiro atoms. The zero-order valence-corrected chi connectivity index (χ0v) is 26.0. The minimum absolute atomic E-state index is 0.0988. The van der Waals surface area contributed by atoms with E-state index in [1.165, 1.54) is 6.08 Å². The summed E-state index contributed by atoms with van der Waals surface area (Å²) in [5.74, 6) is 0.838. The molecule has 0 bridgehead atoms. The summed E-state index contributed by atoms with van der Waals surface area (Å²) in [7, 11) is 4.10. The number of piperazine rings is 1. The van der Waals surface area contributed by atoms with Gasteiger partial charge in [-0.2, -0.15) is 10.1 Å². The number of amides is 1. The molecule has 2 saturated heterocycles. The van der Waals surface area contributed by atoms with Crippen molar-refractivity contribution in [1.29, 1.82) is 0 Å². The van der Waals surface area contributed by atoms with Crippen LogP contribution in [-0.4, -0.2) is 95.3 Å². The van der Waals surface area contributed by atoms with Gasteiger partial charge in [0.1, 0.15) is 11.3 Å². The number of hydrogen-bond donors (Lipinski definition) is 1. The van der Waals surface area contributed by atoms with Gasteiger partial charge in [0.05, 0.1) is 16.1 Å². The van der Waals surface area contributed by atoms with Crippen LogP contribution in [0.4, 0.5) is 16.2 Å². The SMILES string of the molecule is C=CC(=O)N1CCN(c2nc(N3CC(N(C)C)C3)nc3c(F)c(/C(C(=C)C)=c4\c(C5CC5)n[nH]\c4=C\C)c(Cl)cc23)CC1. The highest BCUT2D eigenvalue weighted by atomic mass is 35.5. The summed E-state index contributed by atoms with van der Waals surface area (Å²) in [5, 5.41) is 10.2. The van der Waals surface area contributed by atoms with Gasteiger partial charge in [0.2, 0.25) is 11.9 Å². The number of H-pyrrole nitrogens is 1. The smallest absolute Gasteiger partial charge is 0.246 e. The first-order valence-electron chi connectivity index (χ1n) is 14.8. The number of aromatic amines is 1. The average Bonchev–Trinajstić information content (AvgIpc) is 3.72. The molecule has 1 N–H and O–H groups in total. The number of halogens is 2. The molecule has 3 aromatic rings. The van der Waals surface area contributed by atoms with Gasteiger partial charge >= 0.3 is 0 Å². The van der Waals surface area contributed by atoms with Gasteiger partial charge in [-0.05, 0) is 64.1 Å². The Labute approximate surface area is 256 Å². The number of nitrogens with zero attached hydrogens (tertiary/aromatic N) is 7. The third-order valence-electron chi connectivity index (χ3n) is 8.79. The van der Waals surface area contributed by atoms with Crippen LogP contribution in [0.3, 0.4) is 0 Å². The lowest BCUT2D eigenvalue weighted by Crippen LogP contribution is -2.58. The van der Waals surface area contributed by atoms with E-state index in [4.69, 9.17) is 21.6 Å². The maximum atomic E-state index is 17.1. The molecule has 1 aliphatic carbocycles. The van der Waals surface area contributed by atoms with Crippen LogP contribution in [-0.2, 0) is 4.79 Å². The molecule has 2 aliphatic heterocycles. The van der Waals surface area contributed by atoms with E-state index >= 15 is 4.39 Å². The van der Waals surface area contributed by atoms with Crippen LogP contribution in [0.15, 0.2) is 30.9 Å². The third kappa shape index (κ3) is 5.20. The molecule has 0 unspecified atom stereocenters. The van der Waals surface area contributed by atoms with E-state index in [1.807, 2.05) is 19.9 Å². The Bertz CT molecular complexity index is 1750. The van der Waals surface area contributed by atoms with Gasteiger partial charge in [-0.1, -0.05) is 30.8 Å². The van der Waals surface area contributed by atoms with E-state index in [1.54, 1.807) is 11.0 Å². The first-order valence-corrected chi connectivity index (χ1v) is 15.2. The Morgan fingerprint density at radius 3 is 2.44 bits per heavy atom. The van der Waals surface area contributed by atoms with Gasteiger partial charge in [-0.3, -0.25) is 9.89 Å². The summed E-state index contributed by atoms with van der Waals surface area (Å²) in [4.78, 5) is 30.1. The van der Waals surface area contributed by atoms with Crippen LogP contribution in [0.1, 0.15) is 43.9 Å². The van der Waals surface area contributed by atoms with E-state index in [9.17, 15) is 4.79 Å². The third-order valence-corrected chi connectivity index (χ3v) is 9.09. The number of hydrogen-bond acceptors (Lipinski definition) is 7. The van der Waals surface area contributed by atoms with Gasteiger partial charge in [-0.25, -0.2) is 9.37 Å². The maximum absolute atomic E-state index is 17.1. The average molecular weight is 605 g/mol. The normalized spacial score (nSPS) is 18.9. The Morgan fingerprint density at radius 1 is 1.16 bits per heavy atom. The Morgan fingerprint density at radius 2 is 1.86 bits per heavy atom. The van der Waals surface area contributed by atoms with Gasteiger partial charge in [0.25, 0.3) is 0 Å². The van der Waals surface area contributed by atoms with Crippen molar-refractivity contribution >= 4 is 51.8 Å². The summed E-state index contributed by atoms with van der Waals surface area (Å²) in [6, 6.07) is 2.15. The summed E-state index contributed by atoms with van der Waals surface area (Å²) in [6.45, 7) is 15.3. The predicted octanol–water partition coefficient (Wildman–Crippen LogP) is 3.18. The van der Waals surface area contributed by atoms with E-state index < -0.39 is 5.82 Å². The van der Waals surface area contributed by atoms with Crippen molar-refractivity contribution in [2.24, 2.45) is 0 Å². The highest BCUT2D eigenvalue weighted by Crippen LogP contribution is 2.40. The number of carbonyl (C=O) groups is 1. The molecule has 4 heterocycles. The van der Waals surface area contributed by atoms with Crippen molar-refractivity contribution in [2.45, 2.75) is 38.6 Å². The lowest BCUT2D eigenvalue weighted by Gasteiger charge is -2.43. The summed E-state index contributed by atoms with van der Waals surface area (Å²) < 4.78 is 17.1. The number of fused-ring (bicyclic) bond motifs is 1. The molecular formula is C32H38ClFN8O.